The van der Waals surface area contributed by atoms with Gasteiger partial charge in [-0.3, -0.25) is 4.79 Å². The molecule has 0 aliphatic heterocycles. The summed E-state index contributed by atoms with van der Waals surface area (Å²) in [5, 5.41) is 0. The molecule has 1 aliphatic rings. The standard InChI is InChI=1S/C16H30O/c1-5-14(9-6-12(2)3)16(17)15-10-7-13(4)8-11-15/h12-15H,5-11H2,1-4H3. The first-order chi connectivity index (χ1) is 8.04. The van der Waals surface area contributed by atoms with Crippen molar-refractivity contribution in [1.29, 1.82) is 0 Å². The van der Waals surface area contributed by atoms with Gasteiger partial charge in [-0.05, 0) is 37.5 Å². The van der Waals surface area contributed by atoms with Crippen LogP contribution in [0, 0.1) is 23.7 Å². The van der Waals surface area contributed by atoms with Gasteiger partial charge < -0.3 is 0 Å². The number of Topliss-reactive ketones (excluding diaryl/α,β-unsaturated/α-hetero) is 1. The zero-order chi connectivity index (χ0) is 12.8. The number of ketones is 1. The largest absolute Gasteiger partial charge is 0.299 e. The highest BCUT2D eigenvalue weighted by molar-refractivity contribution is 5.83. The van der Waals surface area contributed by atoms with E-state index in [4.69, 9.17) is 0 Å². The summed E-state index contributed by atoms with van der Waals surface area (Å²) >= 11 is 0. The lowest BCUT2D eigenvalue weighted by Gasteiger charge is -2.28. The van der Waals surface area contributed by atoms with Crippen LogP contribution in [0.5, 0.6) is 0 Å². The van der Waals surface area contributed by atoms with E-state index in [2.05, 4.69) is 27.7 Å². The summed E-state index contributed by atoms with van der Waals surface area (Å²) in [7, 11) is 0. The van der Waals surface area contributed by atoms with Crippen LogP contribution >= 0.6 is 0 Å². The fourth-order valence-electron chi connectivity index (χ4n) is 2.96. The van der Waals surface area contributed by atoms with Crippen molar-refractivity contribution in [1.82, 2.24) is 0 Å². The van der Waals surface area contributed by atoms with Crippen molar-refractivity contribution in [3.05, 3.63) is 0 Å². The molecule has 1 rings (SSSR count). The molecule has 1 heteroatoms. The molecule has 1 atom stereocenters. The highest BCUT2D eigenvalue weighted by Gasteiger charge is 2.28. The summed E-state index contributed by atoms with van der Waals surface area (Å²) in [4.78, 5) is 12.4. The summed E-state index contributed by atoms with van der Waals surface area (Å²) < 4.78 is 0. The Morgan fingerprint density at radius 3 is 2.18 bits per heavy atom. The Morgan fingerprint density at radius 1 is 1.12 bits per heavy atom. The zero-order valence-electron chi connectivity index (χ0n) is 12.2. The van der Waals surface area contributed by atoms with Gasteiger partial charge in [-0.25, -0.2) is 0 Å². The molecule has 0 bridgehead atoms. The Morgan fingerprint density at radius 2 is 1.71 bits per heavy atom. The minimum absolute atomic E-state index is 0.343. The first-order valence-corrected chi connectivity index (χ1v) is 7.58. The van der Waals surface area contributed by atoms with E-state index in [1.54, 1.807) is 0 Å². The maximum Gasteiger partial charge on any atom is 0.139 e. The van der Waals surface area contributed by atoms with Crippen LogP contribution in [0.15, 0.2) is 0 Å². The highest BCUT2D eigenvalue weighted by Crippen LogP contribution is 2.32. The fourth-order valence-corrected chi connectivity index (χ4v) is 2.96. The van der Waals surface area contributed by atoms with Crippen molar-refractivity contribution >= 4 is 5.78 Å². The molecule has 0 aromatic carbocycles. The molecular weight excluding hydrogens is 208 g/mol. The Balaban J connectivity index is 2.42. The fraction of sp³-hybridized carbons (Fsp3) is 0.938. The molecule has 100 valence electrons. The average molecular weight is 238 g/mol. The third-order valence-corrected chi connectivity index (χ3v) is 4.41. The van der Waals surface area contributed by atoms with Crippen LogP contribution < -0.4 is 0 Å². The molecule has 0 spiro atoms. The summed E-state index contributed by atoms with van der Waals surface area (Å²) in [5.74, 6) is 2.89. The molecule has 0 aromatic rings. The number of hydrogen-bond donors (Lipinski definition) is 0. The molecule has 0 aromatic heterocycles. The molecule has 0 radical (unpaired) electrons. The van der Waals surface area contributed by atoms with E-state index in [9.17, 15) is 4.79 Å². The number of hydrogen-bond acceptors (Lipinski definition) is 1. The lowest BCUT2D eigenvalue weighted by molar-refractivity contribution is -0.128. The number of rotatable bonds is 6. The average Bonchev–Trinajstić information content (AvgIpc) is 2.30. The van der Waals surface area contributed by atoms with Gasteiger partial charge in [-0.2, -0.15) is 0 Å². The van der Waals surface area contributed by atoms with Gasteiger partial charge in [0.05, 0.1) is 0 Å². The minimum atomic E-state index is 0.343. The maximum atomic E-state index is 12.4. The van der Waals surface area contributed by atoms with Gasteiger partial charge in [-0.1, -0.05) is 47.0 Å². The number of carbonyl (C=O) groups excluding carboxylic acids is 1. The van der Waals surface area contributed by atoms with Gasteiger partial charge in [0.15, 0.2) is 0 Å². The Kier molecular flexibility index (Phi) is 6.22. The third kappa shape index (κ3) is 4.81. The zero-order valence-corrected chi connectivity index (χ0v) is 12.2. The Bertz CT molecular complexity index is 224. The van der Waals surface area contributed by atoms with Crippen LogP contribution in [0.1, 0.15) is 72.6 Å². The van der Waals surface area contributed by atoms with E-state index in [0.29, 0.717) is 17.6 Å². The normalized spacial score (nSPS) is 27.1. The monoisotopic (exact) mass is 238 g/mol. The summed E-state index contributed by atoms with van der Waals surface area (Å²) in [5.41, 5.74) is 0. The third-order valence-electron chi connectivity index (χ3n) is 4.41. The summed E-state index contributed by atoms with van der Waals surface area (Å²) in [6, 6.07) is 0. The van der Waals surface area contributed by atoms with Crippen molar-refractivity contribution in [2.24, 2.45) is 23.7 Å². The van der Waals surface area contributed by atoms with Crippen LogP contribution in [0.2, 0.25) is 0 Å². The minimum Gasteiger partial charge on any atom is -0.299 e. The smallest absolute Gasteiger partial charge is 0.139 e. The second kappa shape index (κ2) is 7.18. The predicted octanol–water partition coefficient (Wildman–Crippen LogP) is 4.84. The van der Waals surface area contributed by atoms with E-state index in [0.717, 1.165) is 37.5 Å². The molecule has 0 N–H and O–H groups in total. The van der Waals surface area contributed by atoms with Gasteiger partial charge in [0.1, 0.15) is 5.78 Å². The molecule has 0 amide bonds. The summed E-state index contributed by atoms with van der Waals surface area (Å²) in [6.07, 6.45) is 8.18. The van der Waals surface area contributed by atoms with Crippen molar-refractivity contribution in [3.8, 4) is 0 Å². The van der Waals surface area contributed by atoms with Crippen LogP contribution in [0.25, 0.3) is 0 Å². The SMILES string of the molecule is CCC(CCC(C)C)C(=O)C1CCC(C)CC1. The Hall–Kier alpha value is -0.330. The van der Waals surface area contributed by atoms with Crippen LogP contribution in [-0.4, -0.2) is 5.78 Å². The van der Waals surface area contributed by atoms with Crippen molar-refractivity contribution in [2.45, 2.75) is 72.6 Å². The quantitative estimate of drug-likeness (QED) is 0.647. The van der Waals surface area contributed by atoms with Crippen molar-refractivity contribution in [2.75, 3.05) is 0 Å². The first-order valence-electron chi connectivity index (χ1n) is 7.58. The van der Waals surface area contributed by atoms with E-state index in [1.165, 1.54) is 19.3 Å². The predicted molar refractivity (Wildman–Crippen MR) is 74.0 cm³/mol. The molecular formula is C16H30O. The van der Waals surface area contributed by atoms with Crippen LogP contribution in [-0.2, 0) is 4.79 Å². The highest BCUT2D eigenvalue weighted by atomic mass is 16.1. The molecule has 1 nitrogen and oxygen atoms in total. The topological polar surface area (TPSA) is 17.1 Å². The van der Waals surface area contributed by atoms with E-state index in [1.807, 2.05) is 0 Å². The first kappa shape index (κ1) is 14.7. The van der Waals surface area contributed by atoms with Crippen molar-refractivity contribution < 1.29 is 4.79 Å². The molecule has 1 fully saturated rings. The van der Waals surface area contributed by atoms with Gasteiger partial charge >= 0.3 is 0 Å². The van der Waals surface area contributed by atoms with Gasteiger partial charge in [0, 0.05) is 11.8 Å². The van der Waals surface area contributed by atoms with E-state index >= 15 is 0 Å². The van der Waals surface area contributed by atoms with Gasteiger partial charge in [0.2, 0.25) is 0 Å². The Labute approximate surface area is 107 Å². The molecule has 0 saturated heterocycles. The second-order valence-corrected chi connectivity index (χ2v) is 6.44. The lowest BCUT2D eigenvalue weighted by atomic mass is 9.76. The van der Waals surface area contributed by atoms with Crippen molar-refractivity contribution in [3.63, 3.8) is 0 Å². The molecule has 1 aliphatic carbocycles. The molecule has 1 saturated carbocycles. The maximum absolute atomic E-state index is 12.4. The van der Waals surface area contributed by atoms with Crippen LogP contribution in [0.3, 0.4) is 0 Å². The lowest BCUT2D eigenvalue weighted by Crippen LogP contribution is -2.27. The molecule has 17 heavy (non-hydrogen) atoms. The van der Waals surface area contributed by atoms with E-state index < -0.39 is 0 Å². The molecule has 0 heterocycles. The second-order valence-electron chi connectivity index (χ2n) is 6.44. The van der Waals surface area contributed by atoms with E-state index in [-0.39, 0.29) is 0 Å². The van der Waals surface area contributed by atoms with Gasteiger partial charge in [0.25, 0.3) is 0 Å². The van der Waals surface area contributed by atoms with Crippen LogP contribution in [0.4, 0.5) is 0 Å². The molecule has 1 unspecified atom stereocenters. The summed E-state index contributed by atoms with van der Waals surface area (Å²) in [6.45, 7) is 8.99. The number of carbonyl (C=O) groups is 1. The van der Waals surface area contributed by atoms with Gasteiger partial charge in [-0.15, -0.1) is 0 Å².